The fourth-order valence-corrected chi connectivity index (χ4v) is 5.82. The van der Waals surface area contributed by atoms with Gasteiger partial charge in [0.1, 0.15) is 4.88 Å². The smallest absolute Gasteiger partial charge is 0.343 e. The molecule has 0 aliphatic rings. The summed E-state index contributed by atoms with van der Waals surface area (Å²) in [4.78, 5) is 38.4. The third-order valence-electron chi connectivity index (χ3n) is 6.13. The number of anilines is 1. The number of amides is 2. The lowest BCUT2D eigenvalue weighted by molar-refractivity contribution is 0.0728. The molecular formula is C32H22Cl3N3O5S. The zero-order valence-electron chi connectivity index (χ0n) is 22.9. The number of nitrogens with zero attached hydrogens (tertiary/aromatic N) is 1. The first-order valence-electron chi connectivity index (χ1n) is 13.1. The Labute approximate surface area is 271 Å². The molecule has 0 aliphatic heterocycles. The van der Waals surface area contributed by atoms with Crippen LogP contribution in [0, 0.1) is 0 Å². The molecule has 0 bridgehead atoms. The minimum Gasteiger partial charge on any atom is -0.490 e. The number of fused-ring (bicyclic) bond motifs is 1. The summed E-state index contributed by atoms with van der Waals surface area (Å²) in [6.07, 6.45) is 1.43. The second-order valence-corrected chi connectivity index (χ2v) is 11.5. The van der Waals surface area contributed by atoms with E-state index in [1.165, 1.54) is 17.6 Å². The fourth-order valence-electron chi connectivity index (χ4n) is 4.01. The predicted octanol–water partition coefficient (Wildman–Crippen LogP) is 8.50. The van der Waals surface area contributed by atoms with Crippen LogP contribution in [0.1, 0.15) is 42.9 Å². The summed E-state index contributed by atoms with van der Waals surface area (Å²) in [5, 5.41) is 8.99. The molecular weight excluding hydrogens is 645 g/mol. The van der Waals surface area contributed by atoms with Gasteiger partial charge in [-0.15, -0.1) is 11.3 Å². The van der Waals surface area contributed by atoms with Crippen LogP contribution < -0.4 is 20.2 Å². The predicted molar refractivity (Wildman–Crippen MR) is 175 cm³/mol. The number of halogens is 3. The largest absolute Gasteiger partial charge is 0.490 e. The second-order valence-electron chi connectivity index (χ2n) is 9.15. The van der Waals surface area contributed by atoms with E-state index in [0.29, 0.717) is 54.7 Å². The Morgan fingerprint density at radius 3 is 2.25 bits per heavy atom. The van der Waals surface area contributed by atoms with Gasteiger partial charge in [0, 0.05) is 31.4 Å². The van der Waals surface area contributed by atoms with Gasteiger partial charge in [-0.2, -0.15) is 5.10 Å². The van der Waals surface area contributed by atoms with Crippen molar-refractivity contribution >= 4 is 85.9 Å². The van der Waals surface area contributed by atoms with Crippen LogP contribution in [0.15, 0.2) is 90.0 Å². The van der Waals surface area contributed by atoms with Gasteiger partial charge in [0.15, 0.2) is 11.5 Å². The molecule has 8 nitrogen and oxygen atoms in total. The Hall–Kier alpha value is -4.41. The van der Waals surface area contributed by atoms with E-state index in [9.17, 15) is 14.4 Å². The van der Waals surface area contributed by atoms with Crippen molar-refractivity contribution in [2.75, 3.05) is 11.9 Å². The Morgan fingerprint density at radius 1 is 0.818 bits per heavy atom. The molecule has 5 aromatic rings. The SMILES string of the molecule is CCOc1cc(/C=N\NC(=O)c2ccc(NC(=O)c3sc4cc(Cl)ccc4c3Cl)cc2)ccc1OC(=O)c1ccc(Cl)cc1. The van der Waals surface area contributed by atoms with Gasteiger partial charge >= 0.3 is 5.97 Å². The maximum atomic E-state index is 12.8. The van der Waals surface area contributed by atoms with Crippen LogP contribution in [-0.2, 0) is 0 Å². The van der Waals surface area contributed by atoms with E-state index in [1.54, 1.807) is 91.9 Å². The number of esters is 1. The number of hydrazone groups is 1. The highest BCUT2D eigenvalue weighted by Gasteiger charge is 2.18. The summed E-state index contributed by atoms with van der Waals surface area (Å²) in [6.45, 7) is 2.14. The molecule has 4 aromatic carbocycles. The molecule has 222 valence electrons. The molecule has 0 aliphatic carbocycles. The maximum absolute atomic E-state index is 12.8. The van der Waals surface area contributed by atoms with Gasteiger partial charge < -0.3 is 14.8 Å². The van der Waals surface area contributed by atoms with Gasteiger partial charge in [-0.25, -0.2) is 10.2 Å². The first-order chi connectivity index (χ1) is 21.2. The highest BCUT2D eigenvalue weighted by Crippen LogP contribution is 2.37. The minimum atomic E-state index is -0.559. The van der Waals surface area contributed by atoms with Gasteiger partial charge in [0.2, 0.25) is 0 Å². The van der Waals surface area contributed by atoms with Crippen LogP contribution in [0.3, 0.4) is 0 Å². The average molecular weight is 667 g/mol. The van der Waals surface area contributed by atoms with Gasteiger partial charge in [-0.1, -0.05) is 40.9 Å². The molecule has 2 N–H and O–H groups in total. The molecule has 0 spiro atoms. The monoisotopic (exact) mass is 665 g/mol. The maximum Gasteiger partial charge on any atom is 0.343 e. The third-order valence-corrected chi connectivity index (χ3v) is 8.28. The van der Waals surface area contributed by atoms with E-state index in [-0.39, 0.29) is 11.7 Å². The van der Waals surface area contributed by atoms with E-state index in [0.717, 1.165) is 10.1 Å². The van der Waals surface area contributed by atoms with Crippen molar-refractivity contribution in [3.63, 3.8) is 0 Å². The molecule has 1 aromatic heterocycles. The molecule has 2 amide bonds. The highest BCUT2D eigenvalue weighted by atomic mass is 35.5. The van der Waals surface area contributed by atoms with Crippen molar-refractivity contribution in [2.45, 2.75) is 6.92 Å². The van der Waals surface area contributed by atoms with E-state index in [4.69, 9.17) is 44.3 Å². The van der Waals surface area contributed by atoms with Crippen LogP contribution >= 0.6 is 46.1 Å². The van der Waals surface area contributed by atoms with Crippen LogP contribution in [0.5, 0.6) is 11.5 Å². The molecule has 0 saturated carbocycles. The van der Waals surface area contributed by atoms with Gasteiger partial charge in [-0.3, -0.25) is 9.59 Å². The Balaban J connectivity index is 1.19. The summed E-state index contributed by atoms with van der Waals surface area (Å²) in [6, 6.07) is 22.8. The molecule has 0 fully saturated rings. The number of hydrogen-bond acceptors (Lipinski definition) is 7. The van der Waals surface area contributed by atoms with Crippen molar-refractivity contribution in [1.82, 2.24) is 5.43 Å². The summed E-state index contributed by atoms with van der Waals surface area (Å²) < 4.78 is 11.9. The third kappa shape index (κ3) is 7.38. The standard InChI is InChI=1S/C32H22Cl3N3O5S/c1-2-42-26-15-18(3-14-25(26)43-32(41)20-4-8-21(33)9-5-20)17-36-38-30(39)19-6-11-23(12-7-19)37-31(40)29-28(35)24-13-10-22(34)16-27(24)44-29/h3-17H,2H2,1H3,(H,37,40)(H,38,39)/b36-17-. The quantitative estimate of drug-likeness (QED) is 0.0710. The van der Waals surface area contributed by atoms with Crippen molar-refractivity contribution < 1.29 is 23.9 Å². The topological polar surface area (TPSA) is 106 Å². The Morgan fingerprint density at radius 2 is 1.52 bits per heavy atom. The lowest BCUT2D eigenvalue weighted by Gasteiger charge is -2.11. The molecule has 0 radical (unpaired) electrons. The summed E-state index contributed by atoms with van der Waals surface area (Å²) in [5.41, 5.74) is 4.22. The fraction of sp³-hybridized carbons (Fsp3) is 0.0625. The van der Waals surface area contributed by atoms with E-state index >= 15 is 0 Å². The molecule has 5 rings (SSSR count). The molecule has 44 heavy (non-hydrogen) atoms. The molecule has 1 heterocycles. The van der Waals surface area contributed by atoms with Crippen molar-refractivity contribution in [3.05, 3.63) is 122 Å². The molecule has 12 heteroatoms. The minimum absolute atomic E-state index is 0.235. The zero-order chi connectivity index (χ0) is 31.2. The van der Waals surface area contributed by atoms with Crippen LogP contribution in [-0.4, -0.2) is 30.6 Å². The van der Waals surface area contributed by atoms with E-state index < -0.39 is 11.9 Å². The Bertz CT molecular complexity index is 1890. The lowest BCUT2D eigenvalue weighted by atomic mass is 10.2. The van der Waals surface area contributed by atoms with Gasteiger partial charge in [-0.05, 0) is 91.3 Å². The average Bonchev–Trinajstić information content (AvgIpc) is 3.34. The number of thiophene rings is 1. The number of benzene rings is 4. The molecule has 0 unspecified atom stereocenters. The van der Waals surface area contributed by atoms with Crippen molar-refractivity contribution in [1.29, 1.82) is 0 Å². The summed E-state index contributed by atoms with van der Waals surface area (Å²) >= 11 is 19.6. The normalized spacial score (nSPS) is 11.0. The first-order valence-corrected chi connectivity index (χ1v) is 15.0. The number of nitrogens with one attached hydrogen (secondary N) is 2. The van der Waals surface area contributed by atoms with E-state index in [1.807, 2.05) is 0 Å². The number of hydrogen-bond donors (Lipinski definition) is 2. The number of carbonyl (C=O) groups excluding carboxylic acids is 3. The second kappa shape index (κ2) is 13.9. The zero-order valence-corrected chi connectivity index (χ0v) is 26.0. The van der Waals surface area contributed by atoms with E-state index in [2.05, 4.69) is 15.8 Å². The number of carbonyl (C=O) groups is 3. The highest BCUT2D eigenvalue weighted by molar-refractivity contribution is 7.21. The van der Waals surface area contributed by atoms with Crippen molar-refractivity contribution in [2.24, 2.45) is 5.10 Å². The van der Waals surface area contributed by atoms with Crippen LogP contribution in [0.2, 0.25) is 15.1 Å². The molecule has 0 atom stereocenters. The lowest BCUT2D eigenvalue weighted by Crippen LogP contribution is -2.17. The first kappa shape index (κ1) is 31.0. The number of ether oxygens (including phenoxy) is 2. The van der Waals surface area contributed by atoms with Crippen LogP contribution in [0.4, 0.5) is 5.69 Å². The Kier molecular flexibility index (Phi) is 9.82. The summed E-state index contributed by atoms with van der Waals surface area (Å²) in [5.74, 6) is -0.813. The molecule has 0 saturated heterocycles. The van der Waals surface area contributed by atoms with Crippen molar-refractivity contribution in [3.8, 4) is 11.5 Å². The van der Waals surface area contributed by atoms with Gasteiger partial charge in [0.25, 0.3) is 11.8 Å². The number of rotatable bonds is 9. The summed E-state index contributed by atoms with van der Waals surface area (Å²) in [7, 11) is 0. The van der Waals surface area contributed by atoms with Gasteiger partial charge in [0.05, 0.1) is 23.4 Å². The van der Waals surface area contributed by atoms with Crippen LogP contribution in [0.25, 0.3) is 10.1 Å².